The molecule has 0 radical (unpaired) electrons. The summed E-state index contributed by atoms with van der Waals surface area (Å²) >= 11 is 0. The van der Waals surface area contributed by atoms with Crippen LogP contribution in [0.3, 0.4) is 0 Å². The van der Waals surface area contributed by atoms with Crippen molar-refractivity contribution in [1.29, 1.82) is 0 Å². The Balaban J connectivity index is 1.49. The van der Waals surface area contributed by atoms with E-state index in [1.807, 2.05) is 6.07 Å². The second-order valence-electron chi connectivity index (χ2n) is 11.0. The summed E-state index contributed by atoms with van der Waals surface area (Å²) in [6.07, 6.45) is 2.55. The van der Waals surface area contributed by atoms with Crippen molar-refractivity contribution < 1.29 is 14.9 Å². The van der Waals surface area contributed by atoms with Crippen molar-refractivity contribution in [2.75, 3.05) is 13.1 Å². The number of hydrogen-bond acceptors (Lipinski definition) is 5. The first-order valence-electron chi connectivity index (χ1n) is 12.9. The molecule has 2 aromatic carbocycles. The van der Waals surface area contributed by atoms with Gasteiger partial charge in [-0.15, -0.1) is 0 Å². The van der Waals surface area contributed by atoms with E-state index >= 15 is 0 Å². The van der Waals surface area contributed by atoms with E-state index in [1.165, 1.54) is 5.56 Å². The van der Waals surface area contributed by atoms with Crippen LogP contribution in [0, 0.1) is 11.8 Å². The smallest absolute Gasteiger partial charge is 0.191 e. The third kappa shape index (κ3) is 3.13. The predicted molar refractivity (Wildman–Crippen MR) is 141 cm³/mol. The highest BCUT2D eigenvalue weighted by Crippen LogP contribution is 2.65. The van der Waals surface area contributed by atoms with E-state index < -0.39 is 6.10 Å². The van der Waals surface area contributed by atoms with E-state index in [4.69, 9.17) is 16.2 Å². The van der Waals surface area contributed by atoms with Gasteiger partial charge in [0.2, 0.25) is 0 Å². The maximum atomic E-state index is 11.4. The average molecular weight is 490 g/mol. The number of nitrogens with zero attached hydrogens (tertiary/aromatic N) is 2. The SMILES string of the molecule is CCC(C)CN1CCC23c4c(ccc(O)c4O[C@H]2c2[nH]c4ccc(N=C(N)N)cc4c2O)CC1[C@@H]3C. The van der Waals surface area contributed by atoms with Crippen molar-refractivity contribution in [1.82, 2.24) is 9.88 Å². The number of phenolic OH excluding ortho intramolecular Hbond substituents is 1. The van der Waals surface area contributed by atoms with Crippen LogP contribution >= 0.6 is 0 Å². The molecule has 1 aromatic heterocycles. The number of nitrogens with two attached hydrogens (primary N) is 2. The third-order valence-electron chi connectivity index (χ3n) is 9.04. The van der Waals surface area contributed by atoms with Gasteiger partial charge in [-0.1, -0.05) is 33.3 Å². The van der Waals surface area contributed by atoms with Crippen LogP contribution in [0.5, 0.6) is 17.2 Å². The fraction of sp³-hybridized carbons (Fsp3) is 0.464. The predicted octanol–water partition coefficient (Wildman–Crippen LogP) is 4.17. The molecule has 1 aliphatic carbocycles. The van der Waals surface area contributed by atoms with Crippen LogP contribution in [-0.2, 0) is 11.8 Å². The second kappa shape index (κ2) is 8.06. The van der Waals surface area contributed by atoms with Gasteiger partial charge in [0.05, 0.1) is 5.69 Å². The molecule has 3 unspecified atom stereocenters. The number of likely N-dealkylation sites (tertiary alicyclic amines) is 1. The number of fused-ring (bicyclic) bond motifs is 2. The summed E-state index contributed by atoms with van der Waals surface area (Å²) in [7, 11) is 0. The fourth-order valence-corrected chi connectivity index (χ4v) is 7.07. The molecule has 2 bridgehead atoms. The van der Waals surface area contributed by atoms with Crippen molar-refractivity contribution in [2.24, 2.45) is 28.3 Å². The lowest BCUT2D eigenvalue weighted by atomic mass is 9.55. The monoisotopic (exact) mass is 489 g/mol. The number of benzene rings is 2. The highest BCUT2D eigenvalue weighted by Gasteiger charge is 2.62. The third-order valence-corrected chi connectivity index (χ3v) is 9.04. The van der Waals surface area contributed by atoms with Gasteiger partial charge in [0.25, 0.3) is 0 Å². The fourth-order valence-electron chi connectivity index (χ4n) is 7.07. The van der Waals surface area contributed by atoms with E-state index in [1.54, 1.807) is 18.2 Å². The van der Waals surface area contributed by atoms with Crippen molar-refractivity contribution in [2.45, 2.75) is 57.6 Å². The quantitative estimate of drug-likeness (QED) is 0.270. The molecule has 2 aliphatic heterocycles. The van der Waals surface area contributed by atoms with Gasteiger partial charge in [-0.3, -0.25) is 4.90 Å². The number of rotatable bonds is 5. The zero-order chi connectivity index (χ0) is 25.4. The molecule has 3 heterocycles. The Kier molecular flexibility index (Phi) is 5.16. The van der Waals surface area contributed by atoms with Gasteiger partial charge in [0, 0.05) is 34.5 Å². The van der Waals surface area contributed by atoms with Crippen LogP contribution in [0.25, 0.3) is 10.9 Å². The topological polar surface area (TPSA) is 133 Å². The molecule has 3 aliphatic rings. The van der Waals surface area contributed by atoms with E-state index in [-0.39, 0.29) is 28.8 Å². The lowest BCUT2D eigenvalue weighted by molar-refractivity contribution is -0.0250. The number of piperidine rings is 1. The number of nitrogens with one attached hydrogen (secondary N) is 1. The van der Waals surface area contributed by atoms with Crippen LogP contribution in [0.15, 0.2) is 35.3 Å². The molecular weight excluding hydrogens is 454 g/mol. The van der Waals surface area contributed by atoms with E-state index in [2.05, 4.69) is 41.7 Å². The number of aromatic hydroxyl groups is 2. The molecule has 3 aromatic rings. The zero-order valence-corrected chi connectivity index (χ0v) is 21.1. The normalized spacial score (nSPS) is 27.5. The first kappa shape index (κ1) is 23.0. The summed E-state index contributed by atoms with van der Waals surface area (Å²) in [6, 6.07) is 9.64. The Morgan fingerprint density at radius 3 is 2.83 bits per heavy atom. The van der Waals surface area contributed by atoms with Crippen LogP contribution < -0.4 is 16.2 Å². The van der Waals surface area contributed by atoms with Crippen LogP contribution in [0.1, 0.15) is 56.5 Å². The molecule has 8 nitrogen and oxygen atoms in total. The Morgan fingerprint density at radius 2 is 2.08 bits per heavy atom. The first-order valence-corrected chi connectivity index (χ1v) is 12.9. The van der Waals surface area contributed by atoms with Crippen LogP contribution in [-0.4, -0.2) is 45.2 Å². The number of aliphatic imine (C=N–C) groups is 1. The van der Waals surface area contributed by atoms with Gasteiger partial charge in [-0.25, -0.2) is 4.99 Å². The number of aromatic nitrogens is 1. The molecule has 7 N–H and O–H groups in total. The molecule has 5 atom stereocenters. The van der Waals surface area contributed by atoms with Gasteiger partial charge in [0.15, 0.2) is 23.6 Å². The summed E-state index contributed by atoms with van der Waals surface area (Å²) in [5.74, 6) is 1.75. The molecule has 190 valence electrons. The lowest BCUT2D eigenvalue weighted by Crippen LogP contribution is -2.60. The van der Waals surface area contributed by atoms with Gasteiger partial charge < -0.3 is 31.4 Å². The van der Waals surface area contributed by atoms with E-state index in [0.29, 0.717) is 34.5 Å². The van der Waals surface area contributed by atoms with Gasteiger partial charge in [0.1, 0.15) is 11.4 Å². The zero-order valence-electron chi connectivity index (χ0n) is 21.1. The Labute approximate surface area is 211 Å². The highest BCUT2D eigenvalue weighted by molar-refractivity contribution is 5.91. The summed E-state index contributed by atoms with van der Waals surface area (Å²) in [5, 5.41) is 22.9. The van der Waals surface area contributed by atoms with Gasteiger partial charge in [-0.05, 0) is 61.1 Å². The lowest BCUT2D eigenvalue weighted by Gasteiger charge is -2.55. The van der Waals surface area contributed by atoms with E-state index in [9.17, 15) is 10.2 Å². The van der Waals surface area contributed by atoms with Gasteiger partial charge >= 0.3 is 0 Å². The number of hydrogen-bond donors (Lipinski definition) is 5. The highest BCUT2D eigenvalue weighted by atomic mass is 16.5. The largest absolute Gasteiger partial charge is 0.505 e. The van der Waals surface area contributed by atoms with Crippen molar-refractivity contribution in [3.05, 3.63) is 47.2 Å². The maximum absolute atomic E-state index is 11.4. The summed E-state index contributed by atoms with van der Waals surface area (Å²) in [4.78, 5) is 10.2. The number of guanidine groups is 1. The molecule has 1 fully saturated rings. The van der Waals surface area contributed by atoms with Crippen molar-refractivity contribution in [3.63, 3.8) is 0 Å². The summed E-state index contributed by atoms with van der Waals surface area (Å²) < 4.78 is 6.61. The Morgan fingerprint density at radius 1 is 1.28 bits per heavy atom. The minimum absolute atomic E-state index is 0.0349. The number of phenols is 1. The minimum Gasteiger partial charge on any atom is -0.505 e. The number of ether oxygens (including phenoxy) is 1. The number of H-pyrrole nitrogens is 1. The van der Waals surface area contributed by atoms with E-state index in [0.717, 1.165) is 43.4 Å². The molecular formula is C28H35N5O3. The second-order valence-corrected chi connectivity index (χ2v) is 11.0. The molecule has 1 saturated heterocycles. The van der Waals surface area contributed by atoms with Gasteiger partial charge in [-0.2, -0.15) is 0 Å². The molecule has 0 amide bonds. The standard InChI is InChI=1S/C28H35N5O3/c1-4-14(2)13-33-10-9-28-15(3)20(33)11-16-5-8-21(34)25(22(16)28)36-26(28)23-24(35)18-12-17(31-27(29)30)6-7-19(18)32-23/h5-8,12,14-15,20,26,32,34-35H,4,9-11,13H2,1-3H3,(H4,29,30,31)/t14?,15-,20?,26-,28?/m0/s1. The van der Waals surface area contributed by atoms with Crippen molar-refractivity contribution >= 4 is 22.5 Å². The van der Waals surface area contributed by atoms with Crippen LogP contribution in [0.2, 0.25) is 0 Å². The molecule has 8 heteroatoms. The first-order chi connectivity index (χ1) is 17.2. The summed E-state index contributed by atoms with van der Waals surface area (Å²) in [5.41, 5.74) is 15.1. The molecule has 36 heavy (non-hydrogen) atoms. The molecule has 1 spiro atoms. The number of aromatic amines is 1. The Hall–Kier alpha value is -3.39. The minimum atomic E-state index is -0.443. The Bertz CT molecular complexity index is 1380. The molecule has 0 saturated carbocycles. The molecule has 6 rings (SSSR count). The van der Waals surface area contributed by atoms with Crippen molar-refractivity contribution in [3.8, 4) is 17.2 Å². The maximum Gasteiger partial charge on any atom is 0.191 e. The van der Waals surface area contributed by atoms with Crippen LogP contribution in [0.4, 0.5) is 5.69 Å². The summed E-state index contributed by atoms with van der Waals surface area (Å²) in [6.45, 7) is 8.94. The average Bonchev–Trinajstić information content (AvgIpc) is 3.35.